The van der Waals surface area contributed by atoms with Crippen LogP contribution in [0.15, 0.2) is 24.3 Å². The van der Waals surface area contributed by atoms with Crippen molar-refractivity contribution in [3.8, 4) is 6.07 Å². The van der Waals surface area contributed by atoms with E-state index in [4.69, 9.17) is 5.26 Å². The number of Topliss-reactive ketones (excluding diaryl/α,β-unsaturated/α-hetero) is 1. The van der Waals surface area contributed by atoms with E-state index in [0.717, 1.165) is 0 Å². The van der Waals surface area contributed by atoms with E-state index in [9.17, 15) is 14.9 Å². The third-order valence-corrected chi connectivity index (χ3v) is 1.95. The van der Waals surface area contributed by atoms with Crippen molar-refractivity contribution >= 4 is 11.5 Å². The number of carbonyl (C=O) groups is 1. The minimum absolute atomic E-state index is 0.117. The van der Waals surface area contributed by atoms with Crippen LogP contribution in [0, 0.1) is 21.4 Å². The molecule has 5 nitrogen and oxygen atoms in total. The Morgan fingerprint density at radius 1 is 1.60 bits per heavy atom. The van der Waals surface area contributed by atoms with Gasteiger partial charge in [-0.25, -0.2) is 0 Å². The van der Waals surface area contributed by atoms with Gasteiger partial charge in [0.05, 0.1) is 11.0 Å². The first-order chi connectivity index (χ1) is 7.06. The second-order valence-electron chi connectivity index (χ2n) is 3.02. The van der Waals surface area contributed by atoms with Crippen molar-refractivity contribution in [1.82, 2.24) is 0 Å². The number of carbonyl (C=O) groups excluding carboxylic acids is 1. The largest absolute Gasteiger partial charge is 0.298 e. The molecule has 0 unspecified atom stereocenters. The molecule has 0 saturated carbocycles. The van der Waals surface area contributed by atoms with Crippen LogP contribution in [0.1, 0.15) is 18.4 Å². The van der Waals surface area contributed by atoms with Gasteiger partial charge in [0, 0.05) is 12.1 Å². The molecule has 76 valence electrons. The molecule has 1 aromatic carbocycles. The Morgan fingerprint density at radius 3 is 2.73 bits per heavy atom. The van der Waals surface area contributed by atoms with Gasteiger partial charge in [0.2, 0.25) is 0 Å². The SMILES string of the molecule is CC(=O)[C@H](C#N)c1cccc([N+](=O)[O-])c1. The molecule has 0 fully saturated rings. The molecule has 0 radical (unpaired) electrons. The molecule has 1 aromatic rings. The van der Waals surface area contributed by atoms with Crippen LogP contribution in [-0.2, 0) is 4.79 Å². The molecule has 0 aromatic heterocycles. The molecule has 0 bridgehead atoms. The first-order valence-electron chi connectivity index (χ1n) is 4.20. The smallest absolute Gasteiger partial charge is 0.269 e. The number of nitriles is 1. The summed E-state index contributed by atoms with van der Waals surface area (Å²) in [7, 11) is 0. The standard InChI is InChI=1S/C10H8N2O3/c1-7(13)10(6-11)8-3-2-4-9(5-8)12(14)15/h2-5,10H,1H3/t10-/m0/s1. The van der Waals surface area contributed by atoms with E-state index >= 15 is 0 Å². The number of non-ortho nitro benzene ring substituents is 1. The summed E-state index contributed by atoms with van der Waals surface area (Å²) in [6.45, 7) is 1.28. The first kappa shape index (κ1) is 10.9. The number of nitro benzene ring substituents is 1. The summed E-state index contributed by atoms with van der Waals surface area (Å²) < 4.78 is 0. The van der Waals surface area contributed by atoms with Crippen LogP contribution in [0.25, 0.3) is 0 Å². The monoisotopic (exact) mass is 204 g/mol. The van der Waals surface area contributed by atoms with Gasteiger partial charge in [0.15, 0.2) is 5.78 Å². The third-order valence-electron chi connectivity index (χ3n) is 1.95. The number of rotatable bonds is 3. The van der Waals surface area contributed by atoms with Gasteiger partial charge in [-0.1, -0.05) is 12.1 Å². The van der Waals surface area contributed by atoms with Crippen LogP contribution < -0.4 is 0 Å². The fraction of sp³-hybridized carbons (Fsp3) is 0.200. The lowest BCUT2D eigenvalue weighted by Crippen LogP contribution is -2.06. The zero-order chi connectivity index (χ0) is 11.4. The highest BCUT2D eigenvalue weighted by atomic mass is 16.6. The van der Waals surface area contributed by atoms with Crippen molar-refractivity contribution in [2.45, 2.75) is 12.8 Å². The zero-order valence-electron chi connectivity index (χ0n) is 8.01. The van der Waals surface area contributed by atoms with Crippen LogP contribution >= 0.6 is 0 Å². The third kappa shape index (κ3) is 2.38. The van der Waals surface area contributed by atoms with Crippen LogP contribution in [0.2, 0.25) is 0 Å². The topological polar surface area (TPSA) is 84.0 Å². The molecule has 0 aliphatic heterocycles. The minimum Gasteiger partial charge on any atom is -0.298 e. The predicted octanol–water partition coefficient (Wildman–Crippen LogP) is 1.79. The average Bonchev–Trinajstić information content (AvgIpc) is 2.18. The number of ketones is 1. The minimum atomic E-state index is -0.926. The van der Waals surface area contributed by atoms with E-state index in [-0.39, 0.29) is 11.5 Å². The lowest BCUT2D eigenvalue weighted by Gasteiger charge is -2.04. The Hall–Kier alpha value is -2.22. The van der Waals surface area contributed by atoms with Crippen molar-refractivity contribution < 1.29 is 9.72 Å². The molecular weight excluding hydrogens is 196 g/mol. The molecule has 0 heterocycles. The van der Waals surface area contributed by atoms with Crippen LogP contribution in [0.4, 0.5) is 5.69 Å². The Bertz CT molecular complexity index is 448. The number of benzene rings is 1. The molecule has 0 spiro atoms. The number of hydrogen-bond acceptors (Lipinski definition) is 4. The molecule has 0 aliphatic carbocycles. The highest BCUT2D eigenvalue weighted by Gasteiger charge is 2.18. The number of nitro groups is 1. The van der Waals surface area contributed by atoms with Crippen LogP contribution in [-0.4, -0.2) is 10.7 Å². The summed E-state index contributed by atoms with van der Waals surface area (Å²) in [4.78, 5) is 21.0. The maximum Gasteiger partial charge on any atom is 0.269 e. The molecule has 0 N–H and O–H groups in total. The molecule has 1 rings (SSSR count). The van der Waals surface area contributed by atoms with Gasteiger partial charge in [-0.3, -0.25) is 14.9 Å². The quantitative estimate of drug-likeness (QED) is 0.555. The molecule has 1 atom stereocenters. The highest BCUT2D eigenvalue weighted by molar-refractivity contribution is 5.86. The van der Waals surface area contributed by atoms with Gasteiger partial charge in [-0.05, 0) is 12.5 Å². The molecular formula is C10H8N2O3. The van der Waals surface area contributed by atoms with Crippen molar-refractivity contribution in [3.63, 3.8) is 0 Å². The molecule has 0 amide bonds. The van der Waals surface area contributed by atoms with E-state index < -0.39 is 10.8 Å². The summed E-state index contributed by atoms with van der Waals surface area (Å²) in [5, 5.41) is 19.2. The Kier molecular flexibility index (Phi) is 3.13. The molecule has 0 aliphatic rings. The average molecular weight is 204 g/mol. The normalized spacial score (nSPS) is 11.5. The van der Waals surface area contributed by atoms with E-state index in [1.54, 1.807) is 0 Å². The maximum absolute atomic E-state index is 11.1. The second-order valence-corrected chi connectivity index (χ2v) is 3.02. The zero-order valence-corrected chi connectivity index (χ0v) is 8.01. The molecule has 5 heteroatoms. The van der Waals surface area contributed by atoms with Crippen LogP contribution in [0.3, 0.4) is 0 Å². The van der Waals surface area contributed by atoms with E-state index in [2.05, 4.69) is 0 Å². The number of hydrogen-bond donors (Lipinski definition) is 0. The lowest BCUT2D eigenvalue weighted by atomic mass is 9.97. The number of nitrogens with zero attached hydrogens (tertiary/aromatic N) is 2. The summed E-state index contributed by atoms with van der Waals surface area (Å²) in [5.74, 6) is -1.25. The van der Waals surface area contributed by atoms with Gasteiger partial charge < -0.3 is 0 Å². The fourth-order valence-electron chi connectivity index (χ4n) is 1.22. The van der Waals surface area contributed by atoms with Crippen molar-refractivity contribution in [1.29, 1.82) is 5.26 Å². The summed E-state index contributed by atoms with van der Waals surface area (Å²) in [6.07, 6.45) is 0. The first-order valence-corrected chi connectivity index (χ1v) is 4.20. The summed E-state index contributed by atoms with van der Waals surface area (Å²) in [6, 6.07) is 7.36. The van der Waals surface area contributed by atoms with E-state index in [1.165, 1.54) is 31.2 Å². The van der Waals surface area contributed by atoms with Gasteiger partial charge in [0.1, 0.15) is 5.92 Å². The highest BCUT2D eigenvalue weighted by Crippen LogP contribution is 2.21. The Labute approximate surface area is 86.1 Å². The predicted molar refractivity (Wildman–Crippen MR) is 52.1 cm³/mol. The maximum atomic E-state index is 11.1. The van der Waals surface area contributed by atoms with Gasteiger partial charge in [0.25, 0.3) is 5.69 Å². The van der Waals surface area contributed by atoms with E-state index in [1.807, 2.05) is 6.07 Å². The van der Waals surface area contributed by atoms with Gasteiger partial charge >= 0.3 is 0 Å². The summed E-state index contributed by atoms with van der Waals surface area (Å²) in [5.41, 5.74) is 0.244. The van der Waals surface area contributed by atoms with Crippen molar-refractivity contribution in [2.75, 3.05) is 0 Å². The van der Waals surface area contributed by atoms with Gasteiger partial charge in [-0.2, -0.15) is 5.26 Å². The second kappa shape index (κ2) is 4.33. The lowest BCUT2D eigenvalue weighted by molar-refractivity contribution is -0.384. The van der Waals surface area contributed by atoms with Gasteiger partial charge in [-0.15, -0.1) is 0 Å². The molecule has 15 heavy (non-hydrogen) atoms. The van der Waals surface area contributed by atoms with Crippen molar-refractivity contribution in [3.05, 3.63) is 39.9 Å². The van der Waals surface area contributed by atoms with Crippen molar-refractivity contribution in [2.24, 2.45) is 0 Å². The Balaban J connectivity index is 3.15. The molecule has 0 saturated heterocycles. The Morgan fingerprint density at radius 2 is 2.27 bits per heavy atom. The van der Waals surface area contributed by atoms with E-state index in [0.29, 0.717) is 5.56 Å². The fourth-order valence-corrected chi connectivity index (χ4v) is 1.22. The summed E-state index contributed by atoms with van der Waals surface area (Å²) >= 11 is 0. The van der Waals surface area contributed by atoms with Crippen LogP contribution in [0.5, 0.6) is 0 Å².